The Balaban J connectivity index is 1.94. The zero-order valence-corrected chi connectivity index (χ0v) is 18.2. The summed E-state index contributed by atoms with van der Waals surface area (Å²) in [6.07, 6.45) is 0.629. The SMILES string of the molecule is CC(C)C[C@H](NC(=O)OCc1ccccc1)C(=O)N[C@@H](C)C(=O)N1CCC[C@H]1C(=O)O. The molecular weight excluding hydrogens is 402 g/mol. The Morgan fingerprint density at radius 2 is 1.81 bits per heavy atom. The van der Waals surface area contributed by atoms with Gasteiger partial charge < -0.3 is 25.4 Å². The molecule has 2 rings (SSSR count). The largest absolute Gasteiger partial charge is 0.480 e. The Labute approximate surface area is 182 Å². The van der Waals surface area contributed by atoms with Gasteiger partial charge in [-0.15, -0.1) is 0 Å². The minimum absolute atomic E-state index is 0.0725. The number of nitrogens with one attached hydrogen (secondary N) is 2. The van der Waals surface area contributed by atoms with E-state index in [1.54, 1.807) is 0 Å². The van der Waals surface area contributed by atoms with Crippen molar-refractivity contribution in [3.05, 3.63) is 35.9 Å². The molecule has 0 bridgehead atoms. The Morgan fingerprint density at radius 3 is 2.42 bits per heavy atom. The van der Waals surface area contributed by atoms with E-state index in [0.717, 1.165) is 5.56 Å². The van der Waals surface area contributed by atoms with Crippen LogP contribution in [0.25, 0.3) is 0 Å². The van der Waals surface area contributed by atoms with Crippen molar-refractivity contribution in [2.45, 2.75) is 64.8 Å². The summed E-state index contributed by atoms with van der Waals surface area (Å²) in [5.41, 5.74) is 0.820. The molecule has 9 nitrogen and oxygen atoms in total. The molecule has 1 aromatic rings. The minimum Gasteiger partial charge on any atom is -0.480 e. The molecule has 0 unspecified atom stereocenters. The zero-order chi connectivity index (χ0) is 23.0. The fraction of sp³-hybridized carbons (Fsp3) is 0.545. The van der Waals surface area contributed by atoms with E-state index < -0.39 is 42.0 Å². The van der Waals surface area contributed by atoms with E-state index in [2.05, 4.69) is 10.6 Å². The number of carboxylic acids is 1. The van der Waals surface area contributed by atoms with E-state index in [-0.39, 0.29) is 12.5 Å². The van der Waals surface area contributed by atoms with Gasteiger partial charge in [0.25, 0.3) is 0 Å². The minimum atomic E-state index is -1.05. The van der Waals surface area contributed by atoms with E-state index in [9.17, 15) is 24.3 Å². The number of rotatable bonds is 9. The lowest BCUT2D eigenvalue weighted by Gasteiger charge is -2.27. The zero-order valence-electron chi connectivity index (χ0n) is 18.2. The molecule has 0 radical (unpaired) electrons. The smallest absolute Gasteiger partial charge is 0.408 e. The first kappa shape index (κ1) is 24.2. The van der Waals surface area contributed by atoms with E-state index in [1.807, 2.05) is 44.2 Å². The summed E-state index contributed by atoms with van der Waals surface area (Å²) in [4.78, 5) is 50.2. The summed E-state index contributed by atoms with van der Waals surface area (Å²) < 4.78 is 5.19. The number of hydrogen-bond acceptors (Lipinski definition) is 5. The number of likely N-dealkylation sites (tertiary alicyclic amines) is 1. The average Bonchev–Trinajstić information content (AvgIpc) is 3.21. The highest BCUT2D eigenvalue weighted by Gasteiger charge is 2.36. The van der Waals surface area contributed by atoms with Crippen molar-refractivity contribution in [3.8, 4) is 0 Å². The van der Waals surface area contributed by atoms with Crippen molar-refractivity contribution in [2.24, 2.45) is 5.92 Å². The van der Waals surface area contributed by atoms with Crippen molar-refractivity contribution >= 4 is 23.9 Å². The Bertz CT molecular complexity index is 783. The normalized spacial score (nSPS) is 17.7. The molecule has 1 heterocycles. The van der Waals surface area contributed by atoms with E-state index in [4.69, 9.17) is 4.74 Å². The summed E-state index contributed by atoms with van der Waals surface area (Å²) in [7, 11) is 0. The van der Waals surface area contributed by atoms with Gasteiger partial charge in [0.1, 0.15) is 24.7 Å². The van der Waals surface area contributed by atoms with Crippen LogP contribution in [0.1, 0.15) is 45.6 Å². The molecule has 1 aliphatic rings. The van der Waals surface area contributed by atoms with Gasteiger partial charge in [0.2, 0.25) is 11.8 Å². The number of aliphatic carboxylic acids is 1. The van der Waals surface area contributed by atoms with Crippen molar-refractivity contribution in [2.75, 3.05) is 6.54 Å². The number of benzene rings is 1. The van der Waals surface area contributed by atoms with Gasteiger partial charge in [-0.2, -0.15) is 0 Å². The third-order valence-electron chi connectivity index (χ3n) is 5.08. The van der Waals surface area contributed by atoms with Crippen LogP contribution in [-0.2, 0) is 25.7 Å². The van der Waals surface area contributed by atoms with Crippen LogP contribution >= 0.6 is 0 Å². The van der Waals surface area contributed by atoms with Gasteiger partial charge in [0, 0.05) is 6.54 Å². The first-order valence-electron chi connectivity index (χ1n) is 10.5. The molecule has 3 atom stereocenters. The second-order valence-electron chi connectivity index (χ2n) is 8.15. The third-order valence-corrected chi connectivity index (χ3v) is 5.08. The van der Waals surface area contributed by atoms with E-state index >= 15 is 0 Å². The van der Waals surface area contributed by atoms with Crippen molar-refractivity contribution in [1.29, 1.82) is 0 Å². The second kappa shape index (κ2) is 11.3. The highest BCUT2D eigenvalue weighted by atomic mass is 16.5. The fourth-order valence-electron chi connectivity index (χ4n) is 3.52. The standard InChI is InChI=1S/C22H31N3O6/c1-14(2)12-17(24-22(30)31-13-16-8-5-4-6-9-16)19(26)23-15(3)20(27)25-11-7-10-18(25)21(28)29/h4-6,8-9,14-15,17-18H,7,10-13H2,1-3H3,(H,23,26)(H,24,30)(H,28,29)/t15-,17-,18-/m0/s1. The summed E-state index contributed by atoms with van der Waals surface area (Å²) in [6, 6.07) is 6.50. The van der Waals surface area contributed by atoms with Gasteiger partial charge in [-0.25, -0.2) is 9.59 Å². The van der Waals surface area contributed by atoms with Gasteiger partial charge in [-0.3, -0.25) is 9.59 Å². The number of carboxylic acid groups (broad SMARTS) is 1. The molecule has 0 aliphatic carbocycles. The maximum atomic E-state index is 12.8. The van der Waals surface area contributed by atoms with Gasteiger partial charge in [0.05, 0.1) is 0 Å². The summed E-state index contributed by atoms with van der Waals surface area (Å²) in [6.45, 7) is 5.75. The lowest BCUT2D eigenvalue weighted by atomic mass is 10.0. The monoisotopic (exact) mass is 433 g/mol. The van der Waals surface area contributed by atoms with E-state index in [1.165, 1.54) is 11.8 Å². The first-order chi connectivity index (χ1) is 14.7. The molecular formula is C22H31N3O6. The van der Waals surface area contributed by atoms with Gasteiger partial charge in [-0.1, -0.05) is 44.2 Å². The first-order valence-corrected chi connectivity index (χ1v) is 10.5. The van der Waals surface area contributed by atoms with Gasteiger partial charge in [0.15, 0.2) is 0 Å². The quantitative estimate of drug-likeness (QED) is 0.546. The molecule has 3 amide bonds. The predicted molar refractivity (Wildman–Crippen MR) is 113 cm³/mol. The number of hydrogen-bond donors (Lipinski definition) is 3. The number of nitrogens with zero attached hydrogens (tertiary/aromatic N) is 1. The Kier molecular flexibility index (Phi) is 8.84. The van der Waals surface area contributed by atoms with Crippen LogP contribution in [0.15, 0.2) is 30.3 Å². The summed E-state index contributed by atoms with van der Waals surface area (Å²) in [5.74, 6) is -1.92. The molecule has 9 heteroatoms. The lowest BCUT2D eigenvalue weighted by Crippen LogP contribution is -2.55. The molecule has 170 valence electrons. The molecule has 0 saturated carbocycles. The number of ether oxygens (including phenoxy) is 1. The molecule has 0 spiro atoms. The number of carbonyl (C=O) groups excluding carboxylic acids is 3. The van der Waals surface area contributed by atoms with Crippen LogP contribution in [0, 0.1) is 5.92 Å². The number of alkyl carbamates (subject to hydrolysis) is 1. The second-order valence-corrected chi connectivity index (χ2v) is 8.15. The third kappa shape index (κ3) is 7.27. The van der Waals surface area contributed by atoms with Crippen LogP contribution in [0.3, 0.4) is 0 Å². The van der Waals surface area contributed by atoms with Crippen molar-refractivity contribution in [1.82, 2.24) is 15.5 Å². The average molecular weight is 434 g/mol. The predicted octanol–water partition coefficient (Wildman–Crippen LogP) is 1.91. The number of carbonyl (C=O) groups is 4. The fourth-order valence-corrected chi connectivity index (χ4v) is 3.52. The van der Waals surface area contributed by atoms with Crippen LogP contribution in [-0.4, -0.2) is 58.6 Å². The van der Waals surface area contributed by atoms with Crippen LogP contribution in [0.5, 0.6) is 0 Å². The van der Waals surface area contributed by atoms with Crippen LogP contribution in [0.4, 0.5) is 4.79 Å². The van der Waals surface area contributed by atoms with Crippen LogP contribution < -0.4 is 10.6 Å². The highest BCUT2D eigenvalue weighted by molar-refractivity contribution is 5.92. The maximum Gasteiger partial charge on any atom is 0.408 e. The van der Waals surface area contributed by atoms with Crippen LogP contribution in [0.2, 0.25) is 0 Å². The van der Waals surface area contributed by atoms with Gasteiger partial charge in [-0.05, 0) is 37.7 Å². The topological polar surface area (TPSA) is 125 Å². The van der Waals surface area contributed by atoms with Crippen molar-refractivity contribution in [3.63, 3.8) is 0 Å². The van der Waals surface area contributed by atoms with Crippen molar-refractivity contribution < 1.29 is 29.0 Å². The lowest BCUT2D eigenvalue weighted by molar-refractivity contribution is -0.149. The summed E-state index contributed by atoms with van der Waals surface area (Å²) in [5, 5.41) is 14.4. The molecule has 1 fully saturated rings. The highest BCUT2D eigenvalue weighted by Crippen LogP contribution is 2.18. The molecule has 0 aromatic heterocycles. The molecule has 3 N–H and O–H groups in total. The maximum absolute atomic E-state index is 12.8. The Morgan fingerprint density at radius 1 is 1.13 bits per heavy atom. The summed E-state index contributed by atoms with van der Waals surface area (Å²) >= 11 is 0. The number of amides is 3. The molecule has 1 aliphatic heterocycles. The van der Waals surface area contributed by atoms with Gasteiger partial charge >= 0.3 is 12.1 Å². The molecule has 31 heavy (non-hydrogen) atoms. The molecule has 1 saturated heterocycles. The Hall–Kier alpha value is -3.10. The molecule has 1 aromatic carbocycles. The van der Waals surface area contributed by atoms with E-state index in [0.29, 0.717) is 25.8 Å².